The first kappa shape index (κ1) is 21.7. The average Bonchev–Trinajstić information content (AvgIpc) is 3.16. The van der Waals surface area contributed by atoms with E-state index in [1.165, 1.54) is 27.0 Å². The maximum Gasteiger partial charge on any atom is 0.283 e. The Morgan fingerprint density at radius 2 is 1.83 bits per heavy atom. The van der Waals surface area contributed by atoms with Gasteiger partial charge in [-0.15, -0.1) is 0 Å². The van der Waals surface area contributed by atoms with Crippen LogP contribution in [0.3, 0.4) is 0 Å². The van der Waals surface area contributed by atoms with Crippen molar-refractivity contribution < 1.29 is 22.0 Å². The topological polar surface area (TPSA) is 93.3 Å². The van der Waals surface area contributed by atoms with E-state index in [2.05, 4.69) is 10.2 Å². The molecule has 3 rings (SSSR count). The molecule has 0 radical (unpaired) electrons. The molecule has 0 atom stereocenters. The highest BCUT2D eigenvalue weighted by molar-refractivity contribution is 7.89. The predicted octanol–water partition coefficient (Wildman–Crippen LogP) is 1.36. The second-order valence-electron chi connectivity index (χ2n) is 6.75. The van der Waals surface area contributed by atoms with Crippen LogP contribution in [-0.4, -0.2) is 69.3 Å². The van der Waals surface area contributed by atoms with Crippen LogP contribution in [0.1, 0.15) is 23.5 Å². The summed E-state index contributed by atoms with van der Waals surface area (Å²) >= 11 is 5.85. The number of halogens is 3. The fourth-order valence-electron chi connectivity index (χ4n) is 3.12. The summed E-state index contributed by atoms with van der Waals surface area (Å²) in [6.45, 7) is 3.57. The lowest BCUT2D eigenvalue weighted by molar-refractivity contribution is -0.133. The van der Waals surface area contributed by atoms with E-state index in [4.69, 9.17) is 11.6 Å². The summed E-state index contributed by atoms with van der Waals surface area (Å²) in [5, 5.41) is 7.53. The van der Waals surface area contributed by atoms with Gasteiger partial charge in [0.1, 0.15) is 17.1 Å². The number of carbonyl (C=O) groups is 1. The van der Waals surface area contributed by atoms with Crippen molar-refractivity contribution in [3.05, 3.63) is 28.3 Å². The molecule has 9 nitrogen and oxygen atoms in total. The van der Waals surface area contributed by atoms with Gasteiger partial charge in [0.2, 0.25) is 15.9 Å². The largest absolute Gasteiger partial charge is 0.338 e. The number of carbonyl (C=O) groups excluding carboxylic acids is 1. The first-order valence-electron chi connectivity index (χ1n) is 8.81. The van der Waals surface area contributed by atoms with Gasteiger partial charge in [-0.2, -0.15) is 14.5 Å². The molecule has 0 spiro atoms. The zero-order valence-corrected chi connectivity index (χ0v) is 17.7. The summed E-state index contributed by atoms with van der Waals surface area (Å²) in [5.41, 5.74) is 0.257. The molecule has 1 aliphatic heterocycles. The van der Waals surface area contributed by atoms with E-state index in [0.29, 0.717) is 5.69 Å². The van der Waals surface area contributed by atoms with Crippen molar-refractivity contribution >= 4 is 27.5 Å². The lowest BCUT2D eigenvalue weighted by Gasteiger charge is -2.34. The third-order valence-corrected chi connectivity index (χ3v) is 7.52. The molecular formula is C16H21ClF2N6O3S. The Balaban J connectivity index is 1.66. The quantitative estimate of drug-likeness (QED) is 0.685. The molecule has 3 heterocycles. The summed E-state index contributed by atoms with van der Waals surface area (Å²) in [6, 6.07) is 0. The molecule has 29 heavy (non-hydrogen) atoms. The lowest BCUT2D eigenvalue weighted by atomic mass is 10.3. The van der Waals surface area contributed by atoms with Crippen LogP contribution in [0.4, 0.5) is 8.78 Å². The van der Waals surface area contributed by atoms with Gasteiger partial charge in [-0.3, -0.25) is 14.2 Å². The maximum atomic E-state index is 12.9. The van der Waals surface area contributed by atoms with Gasteiger partial charge in [0.25, 0.3) is 6.43 Å². The second-order valence-corrected chi connectivity index (χ2v) is 9.03. The van der Waals surface area contributed by atoms with E-state index in [1.807, 2.05) is 0 Å². The molecule has 0 saturated carbocycles. The SMILES string of the molecule is Cc1c(S(=O)(=O)N2CCN(C(=O)Cn3nc(C(F)F)c(Cl)c3C)CC2)cnn1C. The van der Waals surface area contributed by atoms with Crippen molar-refractivity contribution in [1.29, 1.82) is 0 Å². The van der Waals surface area contributed by atoms with Crippen LogP contribution < -0.4 is 0 Å². The van der Waals surface area contributed by atoms with Crippen molar-refractivity contribution in [3.63, 3.8) is 0 Å². The number of aryl methyl sites for hydroxylation is 1. The molecule has 0 N–H and O–H groups in total. The van der Waals surface area contributed by atoms with Crippen LogP contribution in [0.25, 0.3) is 0 Å². The number of sulfonamides is 1. The second kappa shape index (κ2) is 8.00. The van der Waals surface area contributed by atoms with E-state index in [9.17, 15) is 22.0 Å². The number of nitrogens with zero attached hydrogens (tertiary/aromatic N) is 6. The molecule has 1 amide bonds. The number of rotatable bonds is 5. The monoisotopic (exact) mass is 450 g/mol. The first-order valence-corrected chi connectivity index (χ1v) is 10.6. The van der Waals surface area contributed by atoms with Crippen LogP contribution in [0.5, 0.6) is 0 Å². The van der Waals surface area contributed by atoms with Gasteiger partial charge < -0.3 is 4.90 Å². The molecule has 1 aliphatic rings. The first-order chi connectivity index (χ1) is 13.5. The summed E-state index contributed by atoms with van der Waals surface area (Å²) in [5.74, 6) is -0.345. The Bertz CT molecular complexity index is 1030. The number of aromatic nitrogens is 4. The molecule has 1 saturated heterocycles. The third kappa shape index (κ3) is 4.01. The van der Waals surface area contributed by atoms with E-state index >= 15 is 0 Å². The maximum absolute atomic E-state index is 12.9. The summed E-state index contributed by atoms with van der Waals surface area (Å²) in [7, 11) is -2.04. The summed E-state index contributed by atoms with van der Waals surface area (Å²) < 4.78 is 55.4. The van der Waals surface area contributed by atoms with E-state index in [0.717, 1.165) is 4.68 Å². The number of hydrogen-bond acceptors (Lipinski definition) is 5. The minimum absolute atomic E-state index is 0.129. The number of alkyl halides is 2. The zero-order valence-electron chi connectivity index (χ0n) is 16.1. The Morgan fingerprint density at radius 1 is 1.21 bits per heavy atom. The van der Waals surface area contributed by atoms with Crippen molar-refractivity contribution in [2.24, 2.45) is 7.05 Å². The molecule has 2 aromatic heterocycles. The van der Waals surface area contributed by atoms with Gasteiger partial charge in [0.05, 0.1) is 22.6 Å². The van der Waals surface area contributed by atoms with E-state index < -0.39 is 22.1 Å². The van der Waals surface area contributed by atoms with Crippen LogP contribution in [0.2, 0.25) is 5.02 Å². The molecular weight excluding hydrogens is 430 g/mol. The van der Waals surface area contributed by atoms with Crippen LogP contribution in [-0.2, 0) is 28.4 Å². The zero-order chi connectivity index (χ0) is 21.5. The highest BCUT2D eigenvalue weighted by atomic mass is 35.5. The number of amides is 1. The average molecular weight is 451 g/mol. The molecule has 2 aromatic rings. The summed E-state index contributed by atoms with van der Waals surface area (Å²) in [6.07, 6.45) is -1.52. The fraction of sp³-hybridized carbons (Fsp3) is 0.562. The molecule has 0 bridgehead atoms. The van der Waals surface area contributed by atoms with Gasteiger partial charge in [0, 0.05) is 33.2 Å². The van der Waals surface area contributed by atoms with Crippen molar-refractivity contribution in [3.8, 4) is 0 Å². The molecule has 160 valence electrons. The Kier molecular flexibility index (Phi) is 5.97. The van der Waals surface area contributed by atoms with Gasteiger partial charge in [-0.1, -0.05) is 11.6 Å². The fourth-order valence-corrected chi connectivity index (χ4v) is 4.94. The molecule has 1 fully saturated rings. The van der Waals surface area contributed by atoms with Crippen molar-refractivity contribution in [2.45, 2.75) is 31.7 Å². The van der Waals surface area contributed by atoms with E-state index in [1.54, 1.807) is 14.0 Å². The Hall–Kier alpha value is -2.05. The van der Waals surface area contributed by atoms with Gasteiger partial charge >= 0.3 is 0 Å². The Morgan fingerprint density at radius 3 is 2.31 bits per heavy atom. The predicted molar refractivity (Wildman–Crippen MR) is 100 cm³/mol. The van der Waals surface area contributed by atoms with Crippen LogP contribution in [0.15, 0.2) is 11.1 Å². The van der Waals surface area contributed by atoms with Gasteiger partial charge in [-0.25, -0.2) is 17.2 Å². The lowest BCUT2D eigenvalue weighted by Crippen LogP contribution is -2.51. The number of hydrogen-bond donors (Lipinski definition) is 0. The molecule has 0 aliphatic carbocycles. The standard InChI is InChI=1S/C16H21ClF2N6O3S/c1-10-12(8-20-22(10)3)29(27,28)24-6-4-23(5-7-24)13(26)9-25-11(2)14(17)15(21-25)16(18)19/h8,16H,4-7,9H2,1-3H3. The van der Waals surface area contributed by atoms with Crippen LogP contribution in [0, 0.1) is 13.8 Å². The molecule has 0 aromatic carbocycles. The minimum atomic E-state index is -3.70. The minimum Gasteiger partial charge on any atom is -0.338 e. The molecule has 0 unspecified atom stereocenters. The van der Waals surface area contributed by atoms with Crippen molar-refractivity contribution in [1.82, 2.24) is 28.8 Å². The van der Waals surface area contributed by atoms with Gasteiger partial charge in [-0.05, 0) is 13.8 Å². The summed E-state index contributed by atoms with van der Waals surface area (Å²) in [4.78, 5) is 14.2. The smallest absolute Gasteiger partial charge is 0.283 e. The van der Waals surface area contributed by atoms with Crippen LogP contribution >= 0.6 is 11.6 Å². The normalized spacial score (nSPS) is 16.0. The molecule has 13 heteroatoms. The van der Waals surface area contributed by atoms with Gasteiger partial charge in [0.15, 0.2) is 0 Å². The van der Waals surface area contributed by atoms with E-state index in [-0.39, 0.29) is 54.2 Å². The highest BCUT2D eigenvalue weighted by Crippen LogP contribution is 2.28. The highest BCUT2D eigenvalue weighted by Gasteiger charge is 2.32. The Labute approximate surface area is 171 Å². The van der Waals surface area contributed by atoms with Crippen molar-refractivity contribution in [2.75, 3.05) is 26.2 Å². The third-order valence-electron chi connectivity index (χ3n) is 5.05. The number of piperazine rings is 1.